The normalized spacial score (nSPS) is 15.1. The zero-order chi connectivity index (χ0) is 16.8. The highest BCUT2D eigenvalue weighted by atomic mass is 16.2. The molecule has 0 radical (unpaired) electrons. The Hall–Kier alpha value is -2.41. The lowest BCUT2D eigenvalue weighted by Gasteiger charge is -2.33. The molecule has 23 heavy (non-hydrogen) atoms. The lowest BCUT2D eigenvalue weighted by atomic mass is 10.2. The van der Waals surface area contributed by atoms with Gasteiger partial charge in [0.05, 0.1) is 0 Å². The Morgan fingerprint density at radius 3 is 2.22 bits per heavy atom. The van der Waals surface area contributed by atoms with Gasteiger partial charge in [-0.25, -0.2) is 0 Å². The monoisotopic (exact) mass is 318 g/mol. The molecule has 0 atom stereocenters. The number of anilines is 2. The average Bonchev–Trinajstić information content (AvgIpc) is 2.54. The predicted octanol–water partition coefficient (Wildman–Crippen LogP) is 0.748. The van der Waals surface area contributed by atoms with Crippen LogP contribution in [0.3, 0.4) is 0 Å². The molecule has 124 valence electrons. The van der Waals surface area contributed by atoms with Gasteiger partial charge in [-0.15, -0.1) is 0 Å². The van der Waals surface area contributed by atoms with Gasteiger partial charge in [-0.05, 0) is 24.7 Å². The Balaban J connectivity index is 1.93. The number of carbonyl (C=O) groups excluding carboxylic acids is 3. The van der Waals surface area contributed by atoms with Crippen molar-refractivity contribution in [3.8, 4) is 0 Å². The third kappa shape index (κ3) is 4.79. The molecule has 2 rings (SSSR count). The van der Waals surface area contributed by atoms with Crippen molar-refractivity contribution in [2.45, 2.75) is 13.8 Å². The van der Waals surface area contributed by atoms with Gasteiger partial charge in [0.2, 0.25) is 5.91 Å². The zero-order valence-corrected chi connectivity index (χ0v) is 13.5. The standard InChI is InChI=1S/C16H22N4O3/c1-3-19-7-9-20(10-8-19)16(23)15(22)18-14-6-4-5-13(11-14)17-12(2)21/h4-6,11H,3,7-10H2,1-2H3,(H,17,21)(H,18,22). The minimum Gasteiger partial charge on any atom is -0.332 e. The first-order chi connectivity index (χ1) is 11.0. The van der Waals surface area contributed by atoms with E-state index in [0.29, 0.717) is 24.5 Å². The van der Waals surface area contributed by atoms with Crippen LogP contribution in [0.4, 0.5) is 11.4 Å². The van der Waals surface area contributed by atoms with E-state index in [1.165, 1.54) is 6.92 Å². The molecule has 7 heteroatoms. The van der Waals surface area contributed by atoms with E-state index in [0.717, 1.165) is 19.6 Å². The summed E-state index contributed by atoms with van der Waals surface area (Å²) in [5.41, 5.74) is 1.04. The Morgan fingerprint density at radius 2 is 1.65 bits per heavy atom. The summed E-state index contributed by atoms with van der Waals surface area (Å²) >= 11 is 0. The van der Waals surface area contributed by atoms with Crippen molar-refractivity contribution in [1.29, 1.82) is 0 Å². The number of likely N-dealkylation sites (N-methyl/N-ethyl adjacent to an activating group) is 1. The van der Waals surface area contributed by atoms with E-state index in [1.807, 2.05) is 0 Å². The van der Waals surface area contributed by atoms with E-state index in [4.69, 9.17) is 0 Å². The molecule has 1 aromatic rings. The number of benzene rings is 1. The molecule has 0 unspecified atom stereocenters. The first-order valence-corrected chi connectivity index (χ1v) is 7.70. The fourth-order valence-electron chi connectivity index (χ4n) is 2.47. The number of nitrogens with zero attached hydrogens (tertiary/aromatic N) is 2. The van der Waals surface area contributed by atoms with E-state index in [-0.39, 0.29) is 5.91 Å². The summed E-state index contributed by atoms with van der Waals surface area (Å²) in [6.45, 7) is 7.13. The number of nitrogens with one attached hydrogen (secondary N) is 2. The van der Waals surface area contributed by atoms with E-state index in [2.05, 4.69) is 22.5 Å². The predicted molar refractivity (Wildman–Crippen MR) is 88.1 cm³/mol. The molecule has 0 aromatic heterocycles. The van der Waals surface area contributed by atoms with Crippen LogP contribution in [0, 0.1) is 0 Å². The van der Waals surface area contributed by atoms with Crippen LogP contribution in [-0.4, -0.2) is 60.2 Å². The quantitative estimate of drug-likeness (QED) is 0.806. The molecule has 1 heterocycles. The molecule has 7 nitrogen and oxygen atoms in total. The van der Waals surface area contributed by atoms with Crippen molar-refractivity contribution in [3.63, 3.8) is 0 Å². The Kier molecular flexibility index (Phi) is 5.70. The van der Waals surface area contributed by atoms with Gasteiger partial charge in [-0.2, -0.15) is 0 Å². The SMILES string of the molecule is CCN1CCN(C(=O)C(=O)Nc2cccc(NC(C)=O)c2)CC1. The van der Waals surface area contributed by atoms with Crippen LogP contribution in [0.25, 0.3) is 0 Å². The molecule has 1 aromatic carbocycles. The van der Waals surface area contributed by atoms with Crippen molar-refractivity contribution in [3.05, 3.63) is 24.3 Å². The minimum atomic E-state index is -0.657. The third-order valence-corrected chi connectivity index (χ3v) is 3.74. The molecule has 1 saturated heterocycles. The van der Waals surface area contributed by atoms with E-state index >= 15 is 0 Å². The largest absolute Gasteiger partial charge is 0.332 e. The van der Waals surface area contributed by atoms with Gasteiger partial charge in [0.25, 0.3) is 0 Å². The highest BCUT2D eigenvalue weighted by Crippen LogP contribution is 2.15. The Morgan fingerprint density at radius 1 is 1.04 bits per heavy atom. The van der Waals surface area contributed by atoms with Gasteiger partial charge < -0.3 is 20.4 Å². The molecule has 0 spiro atoms. The van der Waals surface area contributed by atoms with E-state index < -0.39 is 11.8 Å². The number of piperazine rings is 1. The van der Waals surface area contributed by atoms with Crippen LogP contribution in [0.1, 0.15) is 13.8 Å². The average molecular weight is 318 g/mol. The van der Waals surface area contributed by atoms with Crippen LogP contribution in [0.15, 0.2) is 24.3 Å². The van der Waals surface area contributed by atoms with E-state index in [9.17, 15) is 14.4 Å². The van der Waals surface area contributed by atoms with Gasteiger partial charge in [-0.1, -0.05) is 13.0 Å². The molecule has 2 N–H and O–H groups in total. The summed E-state index contributed by atoms with van der Waals surface area (Å²) in [4.78, 5) is 39.1. The highest BCUT2D eigenvalue weighted by molar-refractivity contribution is 6.39. The minimum absolute atomic E-state index is 0.196. The summed E-state index contributed by atoms with van der Waals surface area (Å²) in [5.74, 6) is -1.38. The van der Waals surface area contributed by atoms with Crippen LogP contribution in [0.2, 0.25) is 0 Å². The van der Waals surface area contributed by atoms with Crippen molar-refractivity contribution < 1.29 is 14.4 Å². The smallest absolute Gasteiger partial charge is 0.313 e. The number of hydrogen-bond donors (Lipinski definition) is 2. The molecule has 0 bridgehead atoms. The fourth-order valence-corrected chi connectivity index (χ4v) is 2.47. The topological polar surface area (TPSA) is 81.8 Å². The van der Waals surface area contributed by atoms with Gasteiger partial charge >= 0.3 is 11.8 Å². The molecule has 0 saturated carbocycles. The summed E-state index contributed by atoms with van der Waals surface area (Å²) < 4.78 is 0. The fraction of sp³-hybridized carbons (Fsp3) is 0.438. The Labute approximate surface area is 135 Å². The second-order valence-electron chi connectivity index (χ2n) is 5.44. The lowest BCUT2D eigenvalue weighted by molar-refractivity contribution is -0.144. The first kappa shape index (κ1) is 17.0. The molecule has 3 amide bonds. The number of amides is 3. The molecule has 1 aliphatic heterocycles. The van der Waals surface area contributed by atoms with Crippen molar-refractivity contribution in [2.75, 3.05) is 43.4 Å². The van der Waals surface area contributed by atoms with Gasteiger partial charge in [-0.3, -0.25) is 14.4 Å². The van der Waals surface area contributed by atoms with Gasteiger partial charge in [0.1, 0.15) is 0 Å². The van der Waals surface area contributed by atoms with Crippen LogP contribution in [-0.2, 0) is 14.4 Å². The second-order valence-corrected chi connectivity index (χ2v) is 5.44. The summed E-state index contributed by atoms with van der Waals surface area (Å²) in [5, 5.41) is 5.21. The van der Waals surface area contributed by atoms with Gasteiger partial charge in [0.15, 0.2) is 0 Å². The zero-order valence-electron chi connectivity index (χ0n) is 13.5. The molecule has 1 fully saturated rings. The van der Waals surface area contributed by atoms with Crippen LogP contribution in [0.5, 0.6) is 0 Å². The summed E-state index contributed by atoms with van der Waals surface area (Å²) in [7, 11) is 0. The van der Waals surface area contributed by atoms with Crippen molar-refractivity contribution in [1.82, 2.24) is 9.80 Å². The lowest BCUT2D eigenvalue weighted by Crippen LogP contribution is -2.51. The second kappa shape index (κ2) is 7.73. The van der Waals surface area contributed by atoms with Crippen LogP contribution >= 0.6 is 0 Å². The Bertz CT molecular complexity index is 595. The maximum Gasteiger partial charge on any atom is 0.313 e. The highest BCUT2D eigenvalue weighted by Gasteiger charge is 2.25. The molecule has 1 aliphatic rings. The maximum atomic E-state index is 12.2. The number of hydrogen-bond acceptors (Lipinski definition) is 4. The number of rotatable bonds is 3. The number of carbonyl (C=O) groups is 3. The van der Waals surface area contributed by atoms with Crippen molar-refractivity contribution in [2.24, 2.45) is 0 Å². The molecular weight excluding hydrogens is 296 g/mol. The summed E-state index contributed by atoms with van der Waals surface area (Å²) in [6, 6.07) is 6.70. The van der Waals surface area contributed by atoms with Gasteiger partial charge in [0, 0.05) is 44.5 Å². The maximum absolute atomic E-state index is 12.2. The summed E-state index contributed by atoms with van der Waals surface area (Å²) in [6.07, 6.45) is 0. The molecular formula is C16H22N4O3. The third-order valence-electron chi connectivity index (χ3n) is 3.74. The first-order valence-electron chi connectivity index (χ1n) is 7.70. The van der Waals surface area contributed by atoms with Crippen molar-refractivity contribution >= 4 is 29.1 Å². The van der Waals surface area contributed by atoms with Crippen LogP contribution < -0.4 is 10.6 Å². The van der Waals surface area contributed by atoms with E-state index in [1.54, 1.807) is 29.2 Å². The molecule has 0 aliphatic carbocycles.